The van der Waals surface area contributed by atoms with Crippen LogP contribution in [0.3, 0.4) is 0 Å². The van der Waals surface area contributed by atoms with Crippen LogP contribution in [0, 0.1) is 25.8 Å². The van der Waals surface area contributed by atoms with Crippen LogP contribution in [-0.4, -0.2) is 25.1 Å². The normalized spacial score (nSPS) is 15.2. The van der Waals surface area contributed by atoms with Gasteiger partial charge in [-0.2, -0.15) is 12.8 Å². The molecular weight excluding hydrogens is 411 g/mol. The fourth-order valence-corrected chi connectivity index (χ4v) is 5.34. The zero-order valence-corrected chi connectivity index (χ0v) is 19.7. The van der Waals surface area contributed by atoms with E-state index in [0.29, 0.717) is 5.13 Å². The second kappa shape index (κ2) is 12.7. The Kier molecular flexibility index (Phi) is 11.3. The van der Waals surface area contributed by atoms with Gasteiger partial charge in [0, 0.05) is 11.1 Å². The maximum Gasteiger partial charge on any atom is 1.00 e. The van der Waals surface area contributed by atoms with Crippen LogP contribution in [0.25, 0.3) is 0 Å². The van der Waals surface area contributed by atoms with Gasteiger partial charge in [0.2, 0.25) is 0 Å². The fraction of sp³-hybridized carbons (Fsp3) is 0.455. The minimum atomic E-state index is -3.34. The van der Waals surface area contributed by atoms with Gasteiger partial charge in [0.1, 0.15) is 0 Å². The zero-order valence-electron chi connectivity index (χ0n) is 18.1. The second-order valence-electron chi connectivity index (χ2n) is 7.18. The average Bonchev–Trinajstić information content (AvgIpc) is 3.16. The molecule has 0 saturated heterocycles. The molecule has 0 bridgehead atoms. The van der Waals surface area contributed by atoms with Crippen molar-refractivity contribution in [1.82, 2.24) is 4.98 Å². The van der Waals surface area contributed by atoms with E-state index in [1.54, 1.807) is 6.20 Å². The Labute approximate surface area is 197 Å². The van der Waals surface area contributed by atoms with E-state index in [0.717, 1.165) is 24.1 Å². The van der Waals surface area contributed by atoms with Crippen LogP contribution < -0.4 is 24.2 Å². The molecule has 4 rings (SSSR count). The van der Waals surface area contributed by atoms with E-state index in [4.69, 9.17) is 0 Å². The molecule has 30 heavy (non-hydrogen) atoms. The van der Waals surface area contributed by atoms with Crippen LogP contribution >= 0.6 is 11.3 Å². The molecule has 1 amide bonds. The third-order valence-electron chi connectivity index (χ3n) is 4.72. The number of thiazole rings is 1. The van der Waals surface area contributed by atoms with Gasteiger partial charge in [-0.3, -0.25) is 0 Å². The van der Waals surface area contributed by atoms with Gasteiger partial charge in [-0.05, 0) is 30.1 Å². The zero-order chi connectivity index (χ0) is 20.0. The molecule has 160 valence electrons. The Morgan fingerprint density at radius 1 is 1.33 bits per heavy atom. The molecule has 1 aromatic heterocycles. The van der Waals surface area contributed by atoms with Crippen LogP contribution in [0.5, 0.6) is 0 Å². The molecule has 5 nitrogen and oxygen atoms in total. The third kappa shape index (κ3) is 8.18. The first kappa shape index (κ1) is 26.9. The number of sulfone groups is 1. The van der Waals surface area contributed by atoms with Crippen molar-refractivity contribution in [2.45, 2.75) is 56.8 Å². The predicted molar refractivity (Wildman–Crippen MR) is 119 cm³/mol. The number of aryl methyl sites for hydroxylation is 1. The predicted octanol–water partition coefficient (Wildman–Crippen LogP) is 2.16. The van der Waals surface area contributed by atoms with Gasteiger partial charge in [0.05, 0.1) is 5.75 Å². The van der Waals surface area contributed by atoms with Crippen LogP contribution in [0.15, 0.2) is 29.3 Å². The van der Waals surface area contributed by atoms with Crippen LogP contribution in [0.4, 0.5) is 5.13 Å². The molecule has 0 atom stereocenters. The van der Waals surface area contributed by atoms with Crippen LogP contribution in [-0.2, 0) is 16.3 Å². The molecule has 2 saturated carbocycles. The Morgan fingerprint density at radius 2 is 2.03 bits per heavy atom. The number of carbonyl (C=O) groups excluding carboxylic acids is 1. The smallest absolute Gasteiger partial charge is 0.358 e. The third-order valence-corrected chi connectivity index (χ3v) is 7.66. The van der Waals surface area contributed by atoms with Crippen molar-refractivity contribution >= 4 is 32.2 Å². The quantitative estimate of drug-likeness (QED) is 0.552. The standard InChI is InChI=1S/C16H17N2O3S2.C5H9.CH3.Li/c1-2-13-9-17-16(22-13)18-15(19)12-4-3-5-14(8-12)23(20,21)10-11-6-7-11;1-2-4-5-3-1;;/h3,5,8-9,11H,2,6-7,10H2,1H3,(H,17,18,19);1H,2-5H2;1H3;/q3*-1;+1. The molecule has 1 heterocycles. The Hall–Kier alpha value is -1.13. The summed E-state index contributed by atoms with van der Waals surface area (Å²) in [7, 11) is -3.34. The minimum absolute atomic E-state index is 0. The van der Waals surface area contributed by atoms with Gasteiger partial charge in [-0.25, -0.2) is 13.4 Å². The number of carbonyl (C=O) groups is 1. The van der Waals surface area contributed by atoms with Crippen molar-refractivity contribution in [2.75, 3.05) is 11.1 Å². The molecule has 2 aliphatic carbocycles. The number of aromatic nitrogens is 1. The van der Waals surface area contributed by atoms with E-state index in [-0.39, 0.29) is 48.4 Å². The first-order chi connectivity index (χ1) is 13.5. The Morgan fingerprint density at radius 3 is 2.57 bits per heavy atom. The van der Waals surface area contributed by atoms with Gasteiger partial charge < -0.3 is 24.0 Å². The SMILES string of the molecule is CCc1cnc(NC(=O)c2[c-]ccc(S(=O)(=O)CC3CC3)c2)s1.[CH-]1CCCC1.[CH3-].[Li+]. The van der Waals surface area contributed by atoms with Gasteiger partial charge >= 0.3 is 18.9 Å². The number of anilines is 1. The van der Waals surface area contributed by atoms with Gasteiger partial charge in [0.25, 0.3) is 0 Å². The minimum Gasteiger partial charge on any atom is -0.358 e. The summed E-state index contributed by atoms with van der Waals surface area (Å²) in [6.07, 6.45) is 12.5. The van der Waals surface area contributed by atoms with Crippen molar-refractivity contribution in [3.63, 3.8) is 0 Å². The molecule has 0 unspecified atom stereocenters. The van der Waals surface area contributed by atoms with Crippen LogP contribution in [0.2, 0.25) is 0 Å². The summed E-state index contributed by atoms with van der Waals surface area (Å²) < 4.78 is 24.6. The van der Waals surface area contributed by atoms with E-state index in [9.17, 15) is 13.2 Å². The number of amides is 1. The van der Waals surface area contributed by atoms with Crippen molar-refractivity contribution in [2.24, 2.45) is 5.92 Å². The molecule has 0 aliphatic heterocycles. The van der Waals surface area contributed by atoms with Gasteiger partial charge in [-0.15, -0.1) is 35.6 Å². The number of nitrogens with zero attached hydrogens (tertiary/aromatic N) is 1. The molecule has 0 radical (unpaired) electrons. The summed E-state index contributed by atoms with van der Waals surface area (Å²) in [5.74, 6) is 0.0273. The topological polar surface area (TPSA) is 76.1 Å². The molecule has 2 aliphatic rings. The van der Waals surface area contributed by atoms with E-state index < -0.39 is 15.7 Å². The summed E-state index contributed by atoms with van der Waals surface area (Å²) in [4.78, 5) is 17.6. The molecular formula is C22H29LiN2O3S2-2. The number of benzene rings is 1. The van der Waals surface area contributed by atoms with Gasteiger partial charge in [0.15, 0.2) is 20.9 Å². The molecule has 2 fully saturated rings. The Balaban J connectivity index is 0.000000566. The maximum atomic E-state index is 12.3. The fourth-order valence-electron chi connectivity index (χ4n) is 2.88. The summed E-state index contributed by atoms with van der Waals surface area (Å²) >= 11 is 1.41. The van der Waals surface area contributed by atoms with Crippen molar-refractivity contribution < 1.29 is 32.1 Å². The summed E-state index contributed by atoms with van der Waals surface area (Å²) in [6.45, 7) is 2.01. The maximum absolute atomic E-state index is 12.3. The molecule has 8 heteroatoms. The summed E-state index contributed by atoms with van der Waals surface area (Å²) in [6, 6.07) is 7.15. The number of nitrogens with one attached hydrogen (secondary N) is 1. The molecule has 2 aromatic rings. The monoisotopic (exact) mass is 440 g/mol. The molecule has 1 aromatic carbocycles. The van der Waals surface area contributed by atoms with Gasteiger partial charge in [-0.1, -0.05) is 25.3 Å². The van der Waals surface area contributed by atoms with E-state index in [1.807, 2.05) is 6.92 Å². The number of hydrogen-bond acceptors (Lipinski definition) is 5. The van der Waals surface area contributed by atoms with Crippen molar-refractivity contribution in [3.8, 4) is 0 Å². The van der Waals surface area contributed by atoms with Crippen LogP contribution in [0.1, 0.15) is 60.7 Å². The first-order valence-electron chi connectivity index (χ1n) is 9.80. The largest absolute Gasteiger partial charge is 1.00 e. The van der Waals surface area contributed by atoms with E-state index >= 15 is 0 Å². The number of hydrogen-bond donors (Lipinski definition) is 1. The summed E-state index contributed by atoms with van der Waals surface area (Å²) in [5.41, 5.74) is 0.204. The Bertz CT molecular complexity index is 897. The number of rotatable bonds is 6. The van der Waals surface area contributed by atoms with Crippen molar-refractivity contribution in [3.05, 3.63) is 54.8 Å². The van der Waals surface area contributed by atoms with E-state index in [1.165, 1.54) is 55.2 Å². The summed E-state index contributed by atoms with van der Waals surface area (Å²) in [5, 5.41) is 3.19. The van der Waals surface area contributed by atoms with Crippen molar-refractivity contribution in [1.29, 1.82) is 0 Å². The molecule has 0 spiro atoms. The molecule has 1 N–H and O–H groups in total. The second-order valence-corrected chi connectivity index (χ2v) is 10.3. The first-order valence-corrected chi connectivity index (χ1v) is 12.3. The average molecular weight is 441 g/mol. The van der Waals surface area contributed by atoms with E-state index in [2.05, 4.69) is 22.8 Å².